The fourth-order valence-electron chi connectivity index (χ4n) is 3.92. The molecule has 0 radical (unpaired) electrons. The van der Waals surface area contributed by atoms with Gasteiger partial charge < -0.3 is 4.90 Å². The van der Waals surface area contributed by atoms with E-state index in [0.29, 0.717) is 17.7 Å². The Morgan fingerprint density at radius 1 is 0.882 bits per heavy atom. The molecule has 0 bridgehead atoms. The van der Waals surface area contributed by atoms with E-state index in [2.05, 4.69) is 4.98 Å². The zero-order valence-corrected chi connectivity index (χ0v) is 17.4. The summed E-state index contributed by atoms with van der Waals surface area (Å²) >= 11 is 0. The van der Waals surface area contributed by atoms with Crippen LogP contribution < -0.4 is 0 Å². The molecule has 1 aliphatic heterocycles. The topological polar surface area (TPSA) is 33.2 Å². The van der Waals surface area contributed by atoms with E-state index in [1.54, 1.807) is 12.1 Å². The Labute approximate surface area is 189 Å². The molecule has 1 saturated heterocycles. The average Bonchev–Trinajstić information content (AvgIpc) is 3.21. The van der Waals surface area contributed by atoms with Gasteiger partial charge in [-0.1, -0.05) is 18.2 Å². The third-order valence-electron chi connectivity index (χ3n) is 5.74. The summed E-state index contributed by atoms with van der Waals surface area (Å²) in [4.78, 5) is 18.0. The number of hydrogen-bond acceptors (Lipinski definition) is 2. The van der Waals surface area contributed by atoms with Gasteiger partial charge in [0.15, 0.2) is 5.67 Å². The number of carbonyl (C=O) groups is 1. The maximum atomic E-state index is 15.3. The van der Waals surface area contributed by atoms with Crippen molar-refractivity contribution in [2.45, 2.75) is 24.4 Å². The van der Waals surface area contributed by atoms with Crippen molar-refractivity contribution >= 4 is 5.91 Å². The fraction of sp³-hybridized carbons (Fsp3) is 0.250. The van der Waals surface area contributed by atoms with Gasteiger partial charge in [0.2, 0.25) is 0 Å². The first-order valence-corrected chi connectivity index (χ1v) is 10.2. The summed E-state index contributed by atoms with van der Waals surface area (Å²) in [5.41, 5.74) is -4.33. The normalized spacial score (nSPS) is 18.9. The van der Waals surface area contributed by atoms with E-state index < -0.39 is 35.1 Å². The second kappa shape index (κ2) is 8.41. The van der Waals surface area contributed by atoms with Crippen molar-refractivity contribution in [3.05, 3.63) is 89.2 Å². The van der Waals surface area contributed by atoms with Crippen LogP contribution in [0.1, 0.15) is 33.5 Å². The van der Waals surface area contributed by atoms with E-state index in [9.17, 15) is 31.1 Å². The molecule has 0 spiro atoms. The summed E-state index contributed by atoms with van der Waals surface area (Å²) in [5, 5.41) is 0. The zero-order valence-electron chi connectivity index (χ0n) is 17.4. The van der Waals surface area contributed by atoms with Crippen molar-refractivity contribution in [1.82, 2.24) is 9.88 Å². The van der Waals surface area contributed by atoms with Gasteiger partial charge in [-0.3, -0.25) is 9.78 Å². The first kappa shape index (κ1) is 23.7. The highest BCUT2D eigenvalue weighted by atomic mass is 19.4. The van der Waals surface area contributed by atoms with Crippen LogP contribution in [0.5, 0.6) is 0 Å². The summed E-state index contributed by atoms with van der Waals surface area (Å²) in [7, 11) is 0. The highest BCUT2D eigenvalue weighted by Gasteiger charge is 2.42. The maximum absolute atomic E-state index is 15.3. The molecule has 178 valence electrons. The van der Waals surface area contributed by atoms with Gasteiger partial charge in [0.25, 0.3) is 5.91 Å². The maximum Gasteiger partial charge on any atom is 0.416 e. The van der Waals surface area contributed by atoms with E-state index in [-0.39, 0.29) is 42.3 Å². The highest BCUT2D eigenvalue weighted by Crippen LogP contribution is 2.39. The van der Waals surface area contributed by atoms with Crippen molar-refractivity contribution in [2.75, 3.05) is 13.1 Å². The second-order valence-electron chi connectivity index (χ2n) is 8.06. The lowest BCUT2D eigenvalue weighted by atomic mass is 9.97. The third-order valence-corrected chi connectivity index (χ3v) is 5.74. The van der Waals surface area contributed by atoms with Crippen LogP contribution in [0.25, 0.3) is 11.1 Å². The lowest BCUT2D eigenvalue weighted by Gasteiger charge is -2.21. The third kappa shape index (κ3) is 4.76. The molecule has 2 heterocycles. The molecule has 34 heavy (non-hydrogen) atoms. The number of carbonyl (C=O) groups excluding carboxylic acids is 1. The van der Waals surface area contributed by atoms with Crippen LogP contribution in [0.2, 0.25) is 0 Å². The molecule has 10 heteroatoms. The number of amides is 1. The van der Waals surface area contributed by atoms with Crippen LogP contribution in [0.4, 0.5) is 30.7 Å². The number of aromatic nitrogens is 1. The molecule has 1 unspecified atom stereocenters. The van der Waals surface area contributed by atoms with Crippen molar-refractivity contribution in [2.24, 2.45) is 0 Å². The van der Waals surface area contributed by atoms with E-state index in [0.717, 1.165) is 0 Å². The van der Waals surface area contributed by atoms with Gasteiger partial charge in [-0.05, 0) is 47.5 Å². The van der Waals surface area contributed by atoms with E-state index >= 15 is 4.39 Å². The number of halogens is 7. The van der Waals surface area contributed by atoms with Gasteiger partial charge in [0, 0.05) is 36.5 Å². The van der Waals surface area contributed by atoms with Crippen molar-refractivity contribution < 1.29 is 35.5 Å². The van der Waals surface area contributed by atoms with E-state index in [4.69, 9.17) is 0 Å². The molecule has 1 aliphatic rings. The monoisotopic (exact) mass is 482 g/mol. The van der Waals surface area contributed by atoms with Crippen molar-refractivity contribution in [3.63, 3.8) is 0 Å². The number of hydrogen-bond donors (Lipinski definition) is 0. The molecule has 3 nitrogen and oxygen atoms in total. The fourth-order valence-corrected chi connectivity index (χ4v) is 3.92. The first-order valence-electron chi connectivity index (χ1n) is 10.2. The van der Waals surface area contributed by atoms with Crippen LogP contribution >= 0.6 is 0 Å². The molecule has 3 aromatic rings. The molecule has 1 amide bonds. The van der Waals surface area contributed by atoms with E-state index in [1.165, 1.54) is 41.6 Å². The summed E-state index contributed by atoms with van der Waals surface area (Å²) in [6.45, 7) is -0.0452. The Morgan fingerprint density at radius 3 is 2.03 bits per heavy atom. The van der Waals surface area contributed by atoms with Gasteiger partial charge in [0.1, 0.15) is 0 Å². The molecule has 0 N–H and O–H groups in total. The standard InChI is InChI=1S/C24H17F7N2O/c25-22(18-2-1-8-32-13-18)7-9-33(14-22)21(34)16-5-3-15(4-6-16)17-10-19(23(26,27)28)12-20(11-17)24(29,30)31/h1-6,8,10-13H,7,9,14H2. The molecule has 4 rings (SSSR count). The number of rotatable bonds is 3. The molecular weight excluding hydrogens is 465 g/mol. The van der Waals surface area contributed by atoms with E-state index in [1.807, 2.05) is 0 Å². The van der Waals surface area contributed by atoms with Gasteiger partial charge in [-0.2, -0.15) is 26.3 Å². The molecule has 1 fully saturated rings. The highest BCUT2D eigenvalue weighted by molar-refractivity contribution is 5.95. The molecule has 2 aromatic carbocycles. The summed E-state index contributed by atoms with van der Waals surface area (Å²) in [5.74, 6) is -0.491. The number of pyridine rings is 1. The lowest BCUT2D eigenvalue weighted by molar-refractivity contribution is -0.143. The zero-order chi connectivity index (χ0) is 24.7. The number of alkyl halides is 7. The molecule has 0 aliphatic carbocycles. The summed E-state index contributed by atoms with van der Waals surface area (Å²) in [6, 6.07) is 9.61. The second-order valence-corrected chi connectivity index (χ2v) is 8.06. The van der Waals surface area contributed by atoms with Crippen LogP contribution in [0.15, 0.2) is 67.0 Å². The number of nitrogens with zero attached hydrogens (tertiary/aromatic N) is 2. The quantitative estimate of drug-likeness (QED) is 0.400. The van der Waals surface area contributed by atoms with Gasteiger partial charge >= 0.3 is 12.4 Å². The SMILES string of the molecule is O=C(c1ccc(-c2cc(C(F)(F)F)cc(C(F)(F)F)c2)cc1)N1CCC(F)(c2cccnc2)C1. The molecule has 0 saturated carbocycles. The van der Waals surface area contributed by atoms with Crippen molar-refractivity contribution in [1.29, 1.82) is 0 Å². The Hall–Kier alpha value is -3.43. The molecular formula is C24H17F7N2O. The predicted octanol–water partition coefficient (Wildman–Crippen LogP) is 6.50. The average molecular weight is 482 g/mol. The van der Waals surface area contributed by atoms with Gasteiger partial charge in [0.05, 0.1) is 17.7 Å². The lowest BCUT2D eigenvalue weighted by Crippen LogP contribution is -2.32. The Bertz CT molecular complexity index is 1160. The Kier molecular flexibility index (Phi) is 5.87. The minimum atomic E-state index is -4.96. The van der Waals surface area contributed by atoms with Gasteiger partial charge in [-0.25, -0.2) is 4.39 Å². The number of benzene rings is 2. The predicted molar refractivity (Wildman–Crippen MR) is 109 cm³/mol. The molecule has 1 aromatic heterocycles. The van der Waals surface area contributed by atoms with Crippen molar-refractivity contribution in [3.8, 4) is 11.1 Å². The smallest absolute Gasteiger partial charge is 0.335 e. The minimum absolute atomic E-state index is 0.0558. The Morgan fingerprint density at radius 2 is 1.50 bits per heavy atom. The van der Waals surface area contributed by atoms with Gasteiger partial charge in [-0.15, -0.1) is 0 Å². The summed E-state index contributed by atoms with van der Waals surface area (Å²) in [6.07, 6.45) is -6.95. The van der Waals surface area contributed by atoms with Crippen LogP contribution in [0, 0.1) is 0 Å². The summed E-state index contributed by atoms with van der Waals surface area (Å²) < 4.78 is 94.1. The van der Waals surface area contributed by atoms with Crippen LogP contribution in [-0.4, -0.2) is 28.9 Å². The van der Waals surface area contributed by atoms with Crippen LogP contribution in [-0.2, 0) is 18.0 Å². The van der Waals surface area contributed by atoms with Crippen LogP contribution in [0.3, 0.4) is 0 Å². The largest absolute Gasteiger partial charge is 0.416 e. The first-order chi connectivity index (χ1) is 15.9. The number of likely N-dealkylation sites (tertiary alicyclic amines) is 1. The Balaban J connectivity index is 1.58. The molecule has 1 atom stereocenters. The minimum Gasteiger partial charge on any atom is -0.335 e.